The SMILES string of the molecule is CCN(CCCC(=O)C1CCCCC1)C(C)Cc1ccc(OC)cc1.N. The largest absolute Gasteiger partial charge is 0.497 e. The van der Waals surface area contributed by atoms with Gasteiger partial charge in [-0.1, -0.05) is 38.3 Å². The van der Waals surface area contributed by atoms with Gasteiger partial charge in [-0.3, -0.25) is 4.79 Å². The molecule has 26 heavy (non-hydrogen) atoms. The Hall–Kier alpha value is -1.39. The van der Waals surface area contributed by atoms with Gasteiger partial charge in [-0.2, -0.15) is 0 Å². The van der Waals surface area contributed by atoms with E-state index in [0.717, 1.165) is 50.9 Å². The van der Waals surface area contributed by atoms with Crippen molar-refractivity contribution in [2.45, 2.75) is 71.3 Å². The highest BCUT2D eigenvalue weighted by Crippen LogP contribution is 2.25. The Balaban J connectivity index is 0.00000338. The lowest BCUT2D eigenvalue weighted by atomic mass is 9.85. The van der Waals surface area contributed by atoms with Crippen molar-refractivity contribution in [3.8, 4) is 5.75 Å². The van der Waals surface area contributed by atoms with E-state index in [1.54, 1.807) is 7.11 Å². The van der Waals surface area contributed by atoms with Gasteiger partial charge in [-0.05, 0) is 63.4 Å². The molecule has 2 rings (SSSR count). The van der Waals surface area contributed by atoms with Gasteiger partial charge in [0.2, 0.25) is 0 Å². The first-order valence-corrected chi connectivity index (χ1v) is 10.0. The van der Waals surface area contributed by atoms with Gasteiger partial charge in [-0.25, -0.2) is 0 Å². The first-order chi connectivity index (χ1) is 12.1. The van der Waals surface area contributed by atoms with E-state index in [1.807, 2.05) is 12.1 Å². The fraction of sp³-hybridized carbons (Fsp3) is 0.682. The lowest BCUT2D eigenvalue weighted by Crippen LogP contribution is -2.35. The van der Waals surface area contributed by atoms with E-state index in [2.05, 4.69) is 30.9 Å². The zero-order chi connectivity index (χ0) is 18.1. The van der Waals surface area contributed by atoms with Crippen molar-refractivity contribution < 1.29 is 9.53 Å². The molecular formula is C22H38N2O2. The van der Waals surface area contributed by atoms with Crippen LogP contribution in [0.1, 0.15) is 64.4 Å². The summed E-state index contributed by atoms with van der Waals surface area (Å²) in [5.74, 6) is 1.78. The Kier molecular flexibility index (Phi) is 10.5. The topological polar surface area (TPSA) is 64.5 Å². The summed E-state index contributed by atoms with van der Waals surface area (Å²) in [5, 5.41) is 0. The minimum atomic E-state index is 0. The zero-order valence-corrected chi connectivity index (χ0v) is 17.0. The summed E-state index contributed by atoms with van der Waals surface area (Å²) in [7, 11) is 1.70. The minimum Gasteiger partial charge on any atom is -0.497 e. The molecular weight excluding hydrogens is 324 g/mol. The summed E-state index contributed by atoms with van der Waals surface area (Å²) in [6.07, 6.45) is 8.86. The monoisotopic (exact) mass is 362 g/mol. The maximum Gasteiger partial charge on any atom is 0.136 e. The maximum absolute atomic E-state index is 12.4. The second kappa shape index (κ2) is 12.1. The van der Waals surface area contributed by atoms with Crippen molar-refractivity contribution in [1.29, 1.82) is 0 Å². The number of nitrogens with zero attached hydrogens (tertiary/aromatic N) is 1. The molecule has 1 aromatic rings. The summed E-state index contributed by atoms with van der Waals surface area (Å²) in [4.78, 5) is 14.9. The van der Waals surface area contributed by atoms with Crippen LogP contribution in [0, 0.1) is 5.92 Å². The Morgan fingerprint density at radius 2 is 1.85 bits per heavy atom. The average Bonchev–Trinajstić information content (AvgIpc) is 2.66. The van der Waals surface area contributed by atoms with Gasteiger partial charge in [-0.15, -0.1) is 0 Å². The summed E-state index contributed by atoms with van der Waals surface area (Å²) in [6, 6.07) is 8.84. The molecule has 3 N–H and O–H groups in total. The van der Waals surface area contributed by atoms with Crippen molar-refractivity contribution in [2.75, 3.05) is 20.2 Å². The first-order valence-electron chi connectivity index (χ1n) is 10.0. The molecule has 0 bridgehead atoms. The number of benzene rings is 1. The molecule has 4 nitrogen and oxygen atoms in total. The lowest BCUT2D eigenvalue weighted by molar-refractivity contribution is -0.124. The highest BCUT2D eigenvalue weighted by Gasteiger charge is 2.21. The number of Topliss-reactive ketones (excluding diaryl/α,β-unsaturated/α-hetero) is 1. The third kappa shape index (κ3) is 7.08. The fourth-order valence-electron chi connectivity index (χ4n) is 4.01. The van der Waals surface area contributed by atoms with Crippen LogP contribution in [0.3, 0.4) is 0 Å². The summed E-state index contributed by atoms with van der Waals surface area (Å²) >= 11 is 0. The van der Waals surface area contributed by atoms with E-state index in [1.165, 1.54) is 24.8 Å². The number of likely N-dealkylation sites (N-methyl/N-ethyl adjacent to an activating group) is 1. The third-order valence-electron chi connectivity index (χ3n) is 5.65. The zero-order valence-electron chi connectivity index (χ0n) is 17.0. The van der Waals surface area contributed by atoms with Crippen LogP contribution in [0.25, 0.3) is 0 Å². The molecule has 1 saturated carbocycles. The molecule has 1 aromatic carbocycles. The smallest absolute Gasteiger partial charge is 0.136 e. The highest BCUT2D eigenvalue weighted by molar-refractivity contribution is 5.81. The number of hydrogen-bond acceptors (Lipinski definition) is 4. The normalized spacial score (nSPS) is 16.2. The van der Waals surface area contributed by atoms with E-state index in [9.17, 15) is 4.79 Å². The van der Waals surface area contributed by atoms with E-state index >= 15 is 0 Å². The van der Waals surface area contributed by atoms with Crippen LogP contribution in [-0.2, 0) is 11.2 Å². The molecule has 0 amide bonds. The number of ketones is 1. The van der Waals surface area contributed by atoms with Crippen molar-refractivity contribution in [3.63, 3.8) is 0 Å². The molecule has 1 unspecified atom stereocenters. The highest BCUT2D eigenvalue weighted by atomic mass is 16.5. The fourth-order valence-corrected chi connectivity index (χ4v) is 4.01. The Morgan fingerprint density at radius 3 is 2.42 bits per heavy atom. The molecule has 0 radical (unpaired) electrons. The van der Waals surface area contributed by atoms with Gasteiger partial charge in [0, 0.05) is 18.4 Å². The molecule has 0 aliphatic heterocycles. The maximum atomic E-state index is 12.4. The Bertz CT molecular complexity index is 509. The second-order valence-corrected chi connectivity index (χ2v) is 7.43. The summed E-state index contributed by atoms with van der Waals surface area (Å²) in [5.41, 5.74) is 1.34. The standard InChI is InChI=1S/C22H35NO2.H3N/c1-4-23(16-8-11-22(24)20-9-6-5-7-10-20)18(2)17-19-12-14-21(25-3)15-13-19;/h12-15,18,20H,4-11,16-17H2,1-3H3;1H3. The molecule has 0 spiro atoms. The van der Waals surface area contributed by atoms with Crippen LogP contribution in [0.4, 0.5) is 0 Å². The number of carbonyl (C=O) groups excluding carboxylic acids is 1. The van der Waals surface area contributed by atoms with Crippen molar-refractivity contribution in [2.24, 2.45) is 5.92 Å². The first kappa shape index (κ1) is 22.7. The van der Waals surface area contributed by atoms with Crippen molar-refractivity contribution >= 4 is 5.78 Å². The quantitative estimate of drug-likeness (QED) is 0.633. The average molecular weight is 363 g/mol. The van der Waals surface area contributed by atoms with E-state index in [-0.39, 0.29) is 6.15 Å². The van der Waals surface area contributed by atoms with Gasteiger partial charge >= 0.3 is 0 Å². The lowest BCUT2D eigenvalue weighted by Gasteiger charge is -2.28. The molecule has 1 atom stereocenters. The molecule has 1 aliphatic carbocycles. The predicted molar refractivity (Wildman–Crippen MR) is 109 cm³/mol. The van der Waals surface area contributed by atoms with Crippen LogP contribution in [0.5, 0.6) is 5.75 Å². The minimum absolute atomic E-state index is 0. The van der Waals surface area contributed by atoms with E-state index < -0.39 is 0 Å². The molecule has 0 aromatic heterocycles. The van der Waals surface area contributed by atoms with Gasteiger partial charge in [0.25, 0.3) is 0 Å². The van der Waals surface area contributed by atoms with Crippen LogP contribution >= 0.6 is 0 Å². The molecule has 148 valence electrons. The van der Waals surface area contributed by atoms with Gasteiger partial charge in [0.1, 0.15) is 11.5 Å². The summed E-state index contributed by atoms with van der Waals surface area (Å²) < 4.78 is 5.23. The Morgan fingerprint density at radius 1 is 1.19 bits per heavy atom. The summed E-state index contributed by atoms with van der Waals surface area (Å²) in [6.45, 7) is 6.56. The molecule has 0 saturated heterocycles. The number of rotatable bonds is 10. The molecule has 0 heterocycles. The number of carbonyl (C=O) groups is 1. The molecule has 1 fully saturated rings. The van der Waals surface area contributed by atoms with Gasteiger partial charge < -0.3 is 15.8 Å². The van der Waals surface area contributed by atoms with Crippen LogP contribution in [-0.4, -0.2) is 36.9 Å². The molecule has 4 heteroatoms. The second-order valence-electron chi connectivity index (χ2n) is 7.43. The number of ether oxygens (including phenoxy) is 1. The predicted octanol–water partition coefficient (Wildman–Crippen LogP) is 5.04. The molecule has 1 aliphatic rings. The van der Waals surface area contributed by atoms with Crippen molar-refractivity contribution in [1.82, 2.24) is 11.1 Å². The van der Waals surface area contributed by atoms with Crippen LogP contribution in [0.2, 0.25) is 0 Å². The van der Waals surface area contributed by atoms with Crippen molar-refractivity contribution in [3.05, 3.63) is 29.8 Å². The van der Waals surface area contributed by atoms with E-state index in [4.69, 9.17) is 4.74 Å². The van der Waals surface area contributed by atoms with E-state index in [0.29, 0.717) is 17.7 Å². The Labute approximate surface area is 159 Å². The van der Waals surface area contributed by atoms with Gasteiger partial charge in [0.05, 0.1) is 7.11 Å². The van der Waals surface area contributed by atoms with Crippen LogP contribution < -0.4 is 10.9 Å². The van der Waals surface area contributed by atoms with Gasteiger partial charge in [0.15, 0.2) is 0 Å². The third-order valence-corrected chi connectivity index (χ3v) is 5.65. The van der Waals surface area contributed by atoms with Crippen LogP contribution in [0.15, 0.2) is 24.3 Å². The number of hydrogen-bond donors (Lipinski definition) is 1. The number of methoxy groups -OCH3 is 1.